The molecule has 1 unspecified atom stereocenters. The molecule has 2 aromatic carbocycles. The number of anilines is 1. The van der Waals surface area contributed by atoms with Crippen molar-refractivity contribution in [3.63, 3.8) is 0 Å². The van der Waals surface area contributed by atoms with Gasteiger partial charge in [-0.3, -0.25) is 4.90 Å². The molecule has 0 amide bonds. The second-order valence-electron chi connectivity index (χ2n) is 12.4. The van der Waals surface area contributed by atoms with Crippen molar-refractivity contribution < 1.29 is 5.11 Å². The first-order chi connectivity index (χ1) is 17.4. The van der Waals surface area contributed by atoms with Gasteiger partial charge < -0.3 is 14.9 Å². The zero-order chi connectivity index (χ0) is 26.8. The van der Waals surface area contributed by atoms with Crippen LogP contribution in [0.3, 0.4) is 0 Å². The monoisotopic (exact) mass is 565 g/mol. The third-order valence-electron chi connectivity index (χ3n) is 8.13. The van der Waals surface area contributed by atoms with Crippen LogP contribution in [-0.4, -0.2) is 66.3 Å². The van der Waals surface area contributed by atoms with Crippen molar-refractivity contribution >= 4 is 40.5 Å². The van der Waals surface area contributed by atoms with Crippen LogP contribution in [0, 0.1) is 11.3 Å². The maximum Gasteiger partial charge on any atom is 0.0775 e. The molecule has 2 saturated heterocycles. The van der Waals surface area contributed by atoms with Crippen LogP contribution in [0.25, 0.3) is 0 Å². The molecule has 2 atom stereocenters. The van der Waals surface area contributed by atoms with Crippen LogP contribution in [0.1, 0.15) is 58.6 Å². The van der Waals surface area contributed by atoms with Crippen LogP contribution in [0.15, 0.2) is 42.5 Å². The van der Waals surface area contributed by atoms with Gasteiger partial charge >= 0.3 is 0 Å². The van der Waals surface area contributed by atoms with E-state index in [0.29, 0.717) is 27.9 Å². The Morgan fingerprint density at radius 1 is 0.838 bits per heavy atom. The topological polar surface area (TPSA) is 30.0 Å². The average molecular weight is 567 g/mol. The Morgan fingerprint density at radius 2 is 1.49 bits per heavy atom. The second-order valence-corrected chi connectivity index (χ2v) is 13.7. The predicted octanol–water partition coefficient (Wildman–Crippen LogP) is 7.41. The standard InChI is InChI=1S/C30H42Cl3N3O/c1-29(2,3)13-16-34-14-11-23(12-15-34)30(4,37)21-35-17-18-36(27-10-9-25(32)19-26(27)33)28(20-35)22-5-7-24(31)8-6-22/h5-10,19,23,28,37H,11-18,20-21H2,1-4H3/t28-,30?/m0/s1. The molecule has 204 valence electrons. The molecule has 7 heteroatoms. The fraction of sp³-hybridized carbons (Fsp3) is 0.600. The van der Waals surface area contributed by atoms with Gasteiger partial charge in [0.25, 0.3) is 0 Å². The number of likely N-dealkylation sites (tertiary alicyclic amines) is 1. The van der Waals surface area contributed by atoms with Crippen LogP contribution < -0.4 is 4.90 Å². The number of piperazine rings is 1. The molecule has 2 heterocycles. The van der Waals surface area contributed by atoms with Crippen LogP contribution in [0.5, 0.6) is 0 Å². The maximum atomic E-state index is 11.7. The minimum Gasteiger partial charge on any atom is -0.389 e. The summed E-state index contributed by atoms with van der Waals surface area (Å²) in [5, 5.41) is 13.7. The Balaban J connectivity index is 1.43. The smallest absolute Gasteiger partial charge is 0.0775 e. The molecule has 0 aliphatic carbocycles. The van der Waals surface area contributed by atoms with Gasteiger partial charge in [0, 0.05) is 36.2 Å². The van der Waals surface area contributed by atoms with E-state index in [4.69, 9.17) is 34.8 Å². The molecular formula is C30H42Cl3N3O. The van der Waals surface area contributed by atoms with Gasteiger partial charge in [-0.2, -0.15) is 0 Å². The van der Waals surface area contributed by atoms with Crippen molar-refractivity contribution in [2.24, 2.45) is 11.3 Å². The molecule has 4 nitrogen and oxygen atoms in total. The number of hydrogen-bond donors (Lipinski definition) is 1. The van der Waals surface area contributed by atoms with Crippen molar-refractivity contribution in [2.75, 3.05) is 50.7 Å². The summed E-state index contributed by atoms with van der Waals surface area (Å²) in [7, 11) is 0. The van der Waals surface area contributed by atoms with Gasteiger partial charge in [0.2, 0.25) is 0 Å². The Labute approximate surface area is 238 Å². The van der Waals surface area contributed by atoms with Crippen molar-refractivity contribution in [3.05, 3.63) is 63.1 Å². The second kappa shape index (κ2) is 12.0. The maximum absolute atomic E-state index is 11.7. The summed E-state index contributed by atoms with van der Waals surface area (Å²) in [5.74, 6) is 0.316. The van der Waals surface area contributed by atoms with E-state index in [2.05, 4.69) is 47.6 Å². The molecule has 0 bridgehead atoms. The van der Waals surface area contributed by atoms with Crippen molar-refractivity contribution in [1.29, 1.82) is 0 Å². The zero-order valence-corrected chi connectivity index (χ0v) is 25.0. The Morgan fingerprint density at radius 3 is 2.11 bits per heavy atom. The van der Waals surface area contributed by atoms with Crippen LogP contribution >= 0.6 is 34.8 Å². The number of aliphatic hydroxyl groups is 1. The summed E-state index contributed by atoms with van der Waals surface area (Å²) in [4.78, 5) is 7.36. The molecule has 2 aromatic rings. The number of piperidine rings is 1. The highest BCUT2D eigenvalue weighted by atomic mass is 35.5. The first-order valence-corrected chi connectivity index (χ1v) is 14.7. The fourth-order valence-electron chi connectivity index (χ4n) is 5.81. The summed E-state index contributed by atoms with van der Waals surface area (Å²) in [6.07, 6.45) is 3.32. The molecule has 2 aliphatic heterocycles. The van der Waals surface area contributed by atoms with Gasteiger partial charge in [0.15, 0.2) is 0 Å². The lowest BCUT2D eigenvalue weighted by Crippen LogP contribution is -2.55. The molecule has 37 heavy (non-hydrogen) atoms. The minimum absolute atomic E-state index is 0.0970. The molecule has 2 fully saturated rings. The number of halogens is 3. The van der Waals surface area contributed by atoms with Crippen LogP contribution in [0.4, 0.5) is 5.69 Å². The van der Waals surface area contributed by atoms with Crippen LogP contribution in [0.2, 0.25) is 15.1 Å². The zero-order valence-electron chi connectivity index (χ0n) is 22.7. The number of hydrogen-bond acceptors (Lipinski definition) is 4. The first-order valence-electron chi connectivity index (χ1n) is 13.6. The lowest BCUT2D eigenvalue weighted by atomic mass is 9.80. The van der Waals surface area contributed by atoms with Crippen LogP contribution in [-0.2, 0) is 0 Å². The molecule has 0 saturated carbocycles. The molecule has 1 N–H and O–H groups in total. The van der Waals surface area contributed by atoms with Crippen molar-refractivity contribution in [1.82, 2.24) is 9.80 Å². The molecule has 2 aliphatic rings. The first kappa shape index (κ1) is 29.0. The summed E-state index contributed by atoms with van der Waals surface area (Å²) in [5.41, 5.74) is 1.81. The van der Waals surface area contributed by atoms with E-state index in [0.717, 1.165) is 62.8 Å². The van der Waals surface area contributed by atoms with Gasteiger partial charge in [-0.05, 0) is 93.0 Å². The van der Waals surface area contributed by atoms with E-state index < -0.39 is 5.60 Å². The van der Waals surface area contributed by atoms with E-state index in [1.54, 1.807) is 0 Å². The third kappa shape index (κ3) is 7.77. The normalized spacial score (nSPS) is 22.3. The lowest BCUT2D eigenvalue weighted by Gasteiger charge is -2.47. The van der Waals surface area contributed by atoms with E-state index in [9.17, 15) is 5.11 Å². The third-order valence-corrected chi connectivity index (χ3v) is 8.92. The highest BCUT2D eigenvalue weighted by Crippen LogP contribution is 2.38. The largest absolute Gasteiger partial charge is 0.389 e. The highest BCUT2D eigenvalue weighted by molar-refractivity contribution is 6.36. The molecular weight excluding hydrogens is 525 g/mol. The lowest BCUT2D eigenvalue weighted by molar-refractivity contribution is -0.0545. The van der Waals surface area contributed by atoms with Crippen molar-refractivity contribution in [2.45, 2.75) is 58.6 Å². The van der Waals surface area contributed by atoms with E-state index in [1.165, 1.54) is 12.0 Å². The SMILES string of the molecule is CC(C)(C)CCN1CCC(C(C)(O)CN2CCN(c3ccc(Cl)cc3Cl)[C@H](c3ccc(Cl)cc3)C2)CC1. The highest BCUT2D eigenvalue weighted by Gasteiger charge is 2.38. The van der Waals surface area contributed by atoms with Gasteiger partial charge in [-0.1, -0.05) is 67.7 Å². The Hall–Kier alpha value is -1.01. The van der Waals surface area contributed by atoms with Gasteiger partial charge in [0.05, 0.1) is 22.4 Å². The molecule has 0 aromatic heterocycles. The summed E-state index contributed by atoms with van der Waals surface area (Å²) in [6.45, 7) is 15.4. The van der Waals surface area contributed by atoms with Gasteiger partial charge in [0.1, 0.15) is 0 Å². The Kier molecular flexibility index (Phi) is 9.42. The summed E-state index contributed by atoms with van der Waals surface area (Å²) < 4.78 is 0. The van der Waals surface area contributed by atoms with E-state index >= 15 is 0 Å². The Bertz CT molecular complexity index is 1030. The average Bonchev–Trinajstić information content (AvgIpc) is 2.83. The van der Waals surface area contributed by atoms with Gasteiger partial charge in [-0.25, -0.2) is 0 Å². The molecule has 4 rings (SSSR count). The van der Waals surface area contributed by atoms with Gasteiger partial charge in [-0.15, -0.1) is 0 Å². The van der Waals surface area contributed by atoms with E-state index in [1.807, 2.05) is 37.3 Å². The summed E-state index contributed by atoms with van der Waals surface area (Å²) in [6, 6.07) is 13.9. The minimum atomic E-state index is -0.721. The molecule has 0 spiro atoms. The van der Waals surface area contributed by atoms with Crippen molar-refractivity contribution in [3.8, 4) is 0 Å². The van der Waals surface area contributed by atoms with E-state index in [-0.39, 0.29) is 6.04 Å². The summed E-state index contributed by atoms with van der Waals surface area (Å²) >= 11 is 19.0. The predicted molar refractivity (Wildman–Crippen MR) is 158 cm³/mol. The quantitative estimate of drug-likeness (QED) is 0.378. The number of β-amino-alcohol motifs (C(OH)–C–C–N with tert-alkyl or cyclic N) is 1. The number of benzene rings is 2. The molecule has 0 radical (unpaired) electrons. The number of rotatable bonds is 7. The number of nitrogens with zero attached hydrogens (tertiary/aromatic N) is 3. The fourth-order valence-corrected chi connectivity index (χ4v) is 6.45.